The Bertz CT molecular complexity index is 545. The van der Waals surface area contributed by atoms with Crippen molar-refractivity contribution in [1.82, 2.24) is 10.3 Å². The van der Waals surface area contributed by atoms with Crippen molar-refractivity contribution in [3.63, 3.8) is 0 Å². The highest BCUT2D eigenvalue weighted by Gasteiger charge is 2.07. The first-order valence-electron chi connectivity index (χ1n) is 7.46. The first-order chi connectivity index (χ1) is 10.1. The molecule has 0 fully saturated rings. The van der Waals surface area contributed by atoms with Gasteiger partial charge in [0.2, 0.25) is 0 Å². The lowest BCUT2D eigenvalue weighted by Gasteiger charge is -2.18. The third-order valence-corrected chi connectivity index (χ3v) is 3.46. The van der Waals surface area contributed by atoms with Crippen molar-refractivity contribution in [2.45, 2.75) is 33.9 Å². The molecule has 2 heterocycles. The van der Waals surface area contributed by atoms with Gasteiger partial charge in [0.05, 0.1) is 6.26 Å². The fourth-order valence-corrected chi connectivity index (χ4v) is 2.16. The van der Waals surface area contributed by atoms with Gasteiger partial charge in [0.25, 0.3) is 0 Å². The first-order valence-corrected chi connectivity index (χ1v) is 7.46. The predicted molar refractivity (Wildman–Crippen MR) is 86.3 cm³/mol. The van der Waals surface area contributed by atoms with Gasteiger partial charge < -0.3 is 14.6 Å². The SMILES string of the molecule is Cc1occc1CN(C)c1ccc(CNCC(C)C)cn1. The standard InChI is InChI=1S/C17H25N3O/c1-13(2)9-18-10-15-5-6-17(19-11-15)20(4)12-16-7-8-21-14(16)3/h5-8,11,13,18H,9-10,12H2,1-4H3. The molecule has 0 aromatic carbocycles. The summed E-state index contributed by atoms with van der Waals surface area (Å²) in [4.78, 5) is 6.67. The zero-order chi connectivity index (χ0) is 15.2. The summed E-state index contributed by atoms with van der Waals surface area (Å²) in [5.41, 5.74) is 2.41. The van der Waals surface area contributed by atoms with Gasteiger partial charge in [-0.05, 0) is 37.1 Å². The minimum atomic E-state index is 0.668. The molecular weight excluding hydrogens is 262 g/mol. The lowest BCUT2D eigenvalue weighted by atomic mass is 10.2. The van der Waals surface area contributed by atoms with Crippen LogP contribution in [0.4, 0.5) is 5.82 Å². The van der Waals surface area contributed by atoms with E-state index in [9.17, 15) is 0 Å². The average molecular weight is 287 g/mol. The monoisotopic (exact) mass is 287 g/mol. The van der Waals surface area contributed by atoms with E-state index in [1.807, 2.05) is 26.2 Å². The van der Waals surface area contributed by atoms with Crippen LogP contribution in [0, 0.1) is 12.8 Å². The number of aromatic nitrogens is 1. The predicted octanol–water partition coefficient (Wildman–Crippen LogP) is 3.37. The molecule has 0 bridgehead atoms. The van der Waals surface area contributed by atoms with Crippen LogP contribution in [0.25, 0.3) is 0 Å². The van der Waals surface area contributed by atoms with E-state index in [2.05, 4.69) is 41.2 Å². The van der Waals surface area contributed by atoms with E-state index in [0.29, 0.717) is 5.92 Å². The Kier molecular flexibility index (Phi) is 5.39. The maximum absolute atomic E-state index is 5.33. The Hall–Kier alpha value is -1.81. The van der Waals surface area contributed by atoms with Gasteiger partial charge in [-0.15, -0.1) is 0 Å². The Labute approximate surface area is 127 Å². The number of hydrogen-bond acceptors (Lipinski definition) is 4. The van der Waals surface area contributed by atoms with Gasteiger partial charge >= 0.3 is 0 Å². The number of hydrogen-bond donors (Lipinski definition) is 1. The topological polar surface area (TPSA) is 41.3 Å². The molecule has 114 valence electrons. The summed E-state index contributed by atoms with van der Waals surface area (Å²) in [6, 6.07) is 6.21. The number of aryl methyl sites for hydroxylation is 1. The van der Waals surface area contributed by atoms with Crippen molar-refractivity contribution in [2.75, 3.05) is 18.5 Å². The molecule has 0 saturated heterocycles. The first kappa shape index (κ1) is 15.6. The summed E-state index contributed by atoms with van der Waals surface area (Å²) in [6.45, 7) is 9.11. The van der Waals surface area contributed by atoms with E-state index < -0.39 is 0 Å². The van der Waals surface area contributed by atoms with Gasteiger partial charge in [0, 0.05) is 31.9 Å². The maximum Gasteiger partial charge on any atom is 0.128 e. The lowest BCUT2D eigenvalue weighted by Crippen LogP contribution is -2.20. The minimum Gasteiger partial charge on any atom is -0.469 e. The molecule has 0 aliphatic rings. The fraction of sp³-hybridized carbons (Fsp3) is 0.471. The van der Waals surface area contributed by atoms with Gasteiger partial charge in [0.15, 0.2) is 0 Å². The summed E-state index contributed by atoms with van der Waals surface area (Å²) in [5.74, 6) is 2.61. The molecule has 0 amide bonds. The molecule has 0 spiro atoms. The Morgan fingerprint density at radius 1 is 1.29 bits per heavy atom. The second-order valence-corrected chi connectivity index (χ2v) is 5.91. The number of anilines is 1. The lowest BCUT2D eigenvalue weighted by molar-refractivity contribution is 0.529. The van der Waals surface area contributed by atoms with Crippen LogP contribution in [-0.4, -0.2) is 18.6 Å². The van der Waals surface area contributed by atoms with E-state index >= 15 is 0 Å². The number of pyridine rings is 1. The van der Waals surface area contributed by atoms with Crippen LogP contribution in [0.1, 0.15) is 30.7 Å². The van der Waals surface area contributed by atoms with Crippen LogP contribution in [0.3, 0.4) is 0 Å². The smallest absolute Gasteiger partial charge is 0.128 e. The van der Waals surface area contributed by atoms with E-state index in [1.54, 1.807) is 6.26 Å². The zero-order valence-electron chi connectivity index (χ0n) is 13.4. The summed E-state index contributed by atoms with van der Waals surface area (Å²) < 4.78 is 5.33. The molecule has 2 aromatic heterocycles. The van der Waals surface area contributed by atoms with Gasteiger partial charge in [-0.1, -0.05) is 19.9 Å². The van der Waals surface area contributed by atoms with Crippen LogP contribution >= 0.6 is 0 Å². The third kappa shape index (κ3) is 4.60. The normalized spacial score (nSPS) is 11.1. The molecule has 0 radical (unpaired) electrons. The molecular formula is C17H25N3O. The summed E-state index contributed by atoms with van der Waals surface area (Å²) in [7, 11) is 2.05. The van der Waals surface area contributed by atoms with Crippen molar-refractivity contribution in [3.8, 4) is 0 Å². The Morgan fingerprint density at radius 2 is 2.10 bits per heavy atom. The van der Waals surface area contributed by atoms with E-state index in [-0.39, 0.29) is 0 Å². The molecule has 0 aliphatic carbocycles. The van der Waals surface area contributed by atoms with Gasteiger partial charge in [-0.25, -0.2) is 4.98 Å². The highest BCUT2D eigenvalue weighted by molar-refractivity contribution is 5.39. The zero-order valence-corrected chi connectivity index (χ0v) is 13.4. The van der Waals surface area contributed by atoms with Gasteiger partial charge in [0.1, 0.15) is 11.6 Å². The number of nitrogens with zero attached hydrogens (tertiary/aromatic N) is 2. The van der Waals surface area contributed by atoms with Gasteiger partial charge in [-0.3, -0.25) is 0 Å². The number of nitrogens with one attached hydrogen (secondary N) is 1. The van der Waals surface area contributed by atoms with E-state index in [0.717, 1.165) is 31.2 Å². The molecule has 1 N–H and O–H groups in total. The van der Waals surface area contributed by atoms with Crippen LogP contribution in [-0.2, 0) is 13.1 Å². The molecule has 0 aliphatic heterocycles. The molecule has 0 saturated carbocycles. The quantitative estimate of drug-likeness (QED) is 0.848. The Balaban J connectivity index is 1.90. The molecule has 4 heteroatoms. The van der Waals surface area contributed by atoms with E-state index in [4.69, 9.17) is 4.42 Å². The van der Waals surface area contributed by atoms with Crippen LogP contribution in [0.15, 0.2) is 35.1 Å². The fourth-order valence-electron chi connectivity index (χ4n) is 2.16. The number of furan rings is 1. The largest absolute Gasteiger partial charge is 0.469 e. The second kappa shape index (κ2) is 7.27. The average Bonchev–Trinajstić information content (AvgIpc) is 2.84. The van der Waals surface area contributed by atoms with Gasteiger partial charge in [-0.2, -0.15) is 0 Å². The molecule has 0 unspecified atom stereocenters. The molecule has 21 heavy (non-hydrogen) atoms. The summed E-state index contributed by atoms with van der Waals surface area (Å²) in [5, 5.41) is 3.43. The number of rotatable bonds is 7. The molecule has 0 atom stereocenters. The second-order valence-electron chi connectivity index (χ2n) is 5.91. The van der Waals surface area contributed by atoms with E-state index in [1.165, 1.54) is 11.1 Å². The van der Waals surface area contributed by atoms with Crippen molar-refractivity contribution < 1.29 is 4.42 Å². The van der Waals surface area contributed by atoms with Crippen molar-refractivity contribution in [3.05, 3.63) is 47.5 Å². The maximum atomic E-state index is 5.33. The van der Waals surface area contributed by atoms with Crippen LogP contribution < -0.4 is 10.2 Å². The van der Waals surface area contributed by atoms with Crippen molar-refractivity contribution in [1.29, 1.82) is 0 Å². The minimum absolute atomic E-state index is 0.668. The van der Waals surface area contributed by atoms with Crippen LogP contribution in [0.5, 0.6) is 0 Å². The highest BCUT2D eigenvalue weighted by atomic mass is 16.3. The highest BCUT2D eigenvalue weighted by Crippen LogP contribution is 2.16. The molecule has 2 rings (SSSR count). The Morgan fingerprint density at radius 3 is 2.67 bits per heavy atom. The van der Waals surface area contributed by atoms with Crippen molar-refractivity contribution in [2.24, 2.45) is 5.92 Å². The third-order valence-electron chi connectivity index (χ3n) is 3.46. The summed E-state index contributed by atoms with van der Waals surface area (Å²) in [6.07, 6.45) is 3.68. The summed E-state index contributed by atoms with van der Waals surface area (Å²) >= 11 is 0. The molecule has 2 aromatic rings. The van der Waals surface area contributed by atoms with Crippen molar-refractivity contribution >= 4 is 5.82 Å². The van der Waals surface area contributed by atoms with Crippen LogP contribution in [0.2, 0.25) is 0 Å². The molecule has 4 nitrogen and oxygen atoms in total.